The largest absolute Gasteiger partial charge is 0.399 e. The van der Waals surface area contributed by atoms with Gasteiger partial charge in [0.15, 0.2) is 0 Å². The summed E-state index contributed by atoms with van der Waals surface area (Å²) in [5.41, 5.74) is 8.08. The summed E-state index contributed by atoms with van der Waals surface area (Å²) in [7, 11) is 0. The molecule has 1 aliphatic heterocycles. The topological polar surface area (TPSA) is 104 Å². The van der Waals surface area contributed by atoms with Gasteiger partial charge >= 0.3 is 0 Å². The Kier molecular flexibility index (Phi) is 3.34. The Bertz CT molecular complexity index is 708. The SMILES string of the molecule is CCC1C(=O)NC(=O)CN1Cc1nc2ccc(N)cc2[nH]1. The number of anilines is 1. The number of piperazine rings is 1. The maximum absolute atomic E-state index is 11.8. The average Bonchev–Trinajstić information content (AvgIpc) is 2.79. The first-order chi connectivity index (χ1) is 10.1. The number of rotatable bonds is 3. The van der Waals surface area contributed by atoms with Gasteiger partial charge in [-0.3, -0.25) is 19.8 Å². The molecule has 0 bridgehead atoms. The molecule has 1 atom stereocenters. The maximum Gasteiger partial charge on any atom is 0.243 e. The molecule has 7 heteroatoms. The minimum absolute atomic E-state index is 0.198. The summed E-state index contributed by atoms with van der Waals surface area (Å²) in [4.78, 5) is 32.9. The highest BCUT2D eigenvalue weighted by Crippen LogP contribution is 2.18. The fourth-order valence-corrected chi connectivity index (χ4v) is 2.68. The number of carbonyl (C=O) groups excluding carboxylic acids is 2. The van der Waals surface area contributed by atoms with E-state index in [-0.39, 0.29) is 24.4 Å². The van der Waals surface area contributed by atoms with Crippen LogP contribution in [-0.2, 0) is 16.1 Å². The van der Waals surface area contributed by atoms with E-state index in [1.54, 1.807) is 6.07 Å². The molecular formula is C14H17N5O2. The monoisotopic (exact) mass is 287 g/mol. The van der Waals surface area contributed by atoms with Gasteiger partial charge in [0.25, 0.3) is 0 Å². The molecule has 0 radical (unpaired) electrons. The third-order valence-corrected chi connectivity index (χ3v) is 3.65. The molecule has 21 heavy (non-hydrogen) atoms. The third-order valence-electron chi connectivity index (χ3n) is 3.65. The summed E-state index contributed by atoms with van der Waals surface area (Å²) in [6.07, 6.45) is 0.645. The minimum Gasteiger partial charge on any atom is -0.399 e. The first-order valence-electron chi connectivity index (χ1n) is 6.88. The first kappa shape index (κ1) is 13.6. The maximum atomic E-state index is 11.8. The van der Waals surface area contributed by atoms with Crippen LogP contribution in [0.25, 0.3) is 11.0 Å². The number of benzene rings is 1. The highest BCUT2D eigenvalue weighted by Gasteiger charge is 2.32. The predicted octanol–water partition coefficient (Wildman–Crippen LogP) is 0.382. The fourth-order valence-electron chi connectivity index (χ4n) is 2.68. The lowest BCUT2D eigenvalue weighted by Crippen LogP contribution is -2.57. The van der Waals surface area contributed by atoms with Gasteiger partial charge in [0.2, 0.25) is 11.8 Å². The molecule has 2 amide bonds. The first-order valence-corrected chi connectivity index (χ1v) is 6.88. The number of amides is 2. The smallest absolute Gasteiger partial charge is 0.243 e. The zero-order chi connectivity index (χ0) is 15.0. The molecule has 2 aromatic rings. The predicted molar refractivity (Wildman–Crippen MR) is 78.1 cm³/mol. The van der Waals surface area contributed by atoms with E-state index >= 15 is 0 Å². The molecule has 1 aromatic heterocycles. The summed E-state index contributed by atoms with van der Waals surface area (Å²) in [6, 6.07) is 5.15. The molecule has 3 rings (SSSR count). The number of hydrogen-bond donors (Lipinski definition) is 3. The number of carbonyl (C=O) groups is 2. The van der Waals surface area contributed by atoms with E-state index in [4.69, 9.17) is 5.73 Å². The van der Waals surface area contributed by atoms with Gasteiger partial charge in [-0.15, -0.1) is 0 Å². The van der Waals surface area contributed by atoms with Crippen molar-refractivity contribution in [1.82, 2.24) is 20.2 Å². The Morgan fingerprint density at radius 3 is 3.00 bits per heavy atom. The standard InChI is InChI=1S/C14H17N5O2/c1-2-11-14(21)18-13(20)7-19(11)6-12-16-9-4-3-8(15)5-10(9)17-12/h3-5,11H,2,6-7,15H2,1H3,(H,16,17)(H,18,20,21). The van der Waals surface area contributed by atoms with Gasteiger partial charge in [0.05, 0.1) is 30.2 Å². The van der Waals surface area contributed by atoms with Crippen LogP contribution in [0.2, 0.25) is 0 Å². The molecule has 2 heterocycles. The van der Waals surface area contributed by atoms with E-state index in [0.29, 0.717) is 18.7 Å². The molecule has 7 nitrogen and oxygen atoms in total. The second kappa shape index (κ2) is 5.17. The van der Waals surface area contributed by atoms with E-state index < -0.39 is 0 Å². The van der Waals surface area contributed by atoms with Crippen LogP contribution in [0.4, 0.5) is 5.69 Å². The summed E-state index contributed by atoms with van der Waals surface area (Å²) in [6.45, 7) is 2.54. The van der Waals surface area contributed by atoms with Gasteiger partial charge in [-0.05, 0) is 24.6 Å². The van der Waals surface area contributed by atoms with Crippen LogP contribution in [0.15, 0.2) is 18.2 Å². The lowest BCUT2D eigenvalue weighted by Gasteiger charge is -2.32. The van der Waals surface area contributed by atoms with Gasteiger partial charge in [-0.1, -0.05) is 6.92 Å². The molecule has 4 N–H and O–H groups in total. The number of imidazole rings is 1. The number of nitrogens with zero attached hydrogens (tertiary/aromatic N) is 2. The van der Waals surface area contributed by atoms with Crippen molar-refractivity contribution < 1.29 is 9.59 Å². The Morgan fingerprint density at radius 2 is 2.24 bits per heavy atom. The highest BCUT2D eigenvalue weighted by molar-refractivity contribution is 6.01. The second-order valence-electron chi connectivity index (χ2n) is 5.20. The van der Waals surface area contributed by atoms with Crippen molar-refractivity contribution in [3.63, 3.8) is 0 Å². The Hall–Kier alpha value is -2.41. The number of nitrogens with two attached hydrogens (primary N) is 1. The van der Waals surface area contributed by atoms with E-state index in [1.165, 1.54) is 0 Å². The Morgan fingerprint density at radius 1 is 1.43 bits per heavy atom. The van der Waals surface area contributed by atoms with Crippen molar-refractivity contribution in [3.8, 4) is 0 Å². The molecule has 0 spiro atoms. The van der Waals surface area contributed by atoms with Crippen LogP contribution in [0.5, 0.6) is 0 Å². The van der Waals surface area contributed by atoms with E-state index in [2.05, 4.69) is 15.3 Å². The third kappa shape index (κ3) is 2.59. The van der Waals surface area contributed by atoms with Crippen LogP contribution in [0.3, 0.4) is 0 Å². The molecule has 1 aliphatic rings. The van der Waals surface area contributed by atoms with Crippen molar-refractivity contribution in [2.75, 3.05) is 12.3 Å². The van der Waals surface area contributed by atoms with Crippen molar-refractivity contribution in [2.45, 2.75) is 25.9 Å². The number of nitrogens with one attached hydrogen (secondary N) is 2. The lowest BCUT2D eigenvalue weighted by molar-refractivity contribution is -0.140. The zero-order valence-electron chi connectivity index (χ0n) is 11.7. The van der Waals surface area contributed by atoms with Gasteiger partial charge in [-0.25, -0.2) is 4.98 Å². The van der Waals surface area contributed by atoms with E-state index in [1.807, 2.05) is 24.0 Å². The molecule has 0 saturated carbocycles. The summed E-state index contributed by atoms with van der Waals surface area (Å²) in [5, 5.41) is 2.36. The Balaban J connectivity index is 1.85. The fraction of sp³-hybridized carbons (Fsp3) is 0.357. The lowest BCUT2D eigenvalue weighted by atomic mass is 10.1. The van der Waals surface area contributed by atoms with Crippen LogP contribution in [-0.4, -0.2) is 39.3 Å². The van der Waals surface area contributed by atoms with Gasteiger partial charge in [-0.2, -0.15) is 0 Å². The van der Waals surface area contributed by atoms with Crippen LogP contribution < -0.4 is 11.1 Å². The number of hydrogen-bond acceptors (Lipinski definition) is 5. The Labute approximate surface area is 121 Å². The zero-order valence-corrected chi connectivity index (χ0v) is 11.7. The number of fused-ring (bicyclic) bond motifs is 1. The summed E-state index contributed by atoms with van der Waals surface area (Å²) in [5.74, 6) is 0.204. The average molecular weight is 287 g/mol. The summed E-state index contributed by atoms with van der Waals surface area (Å²) < 4.78 is 0. The quantitative estimate of drug-likeness (QED) is 0.559. The number of aromatic amines is 1. The van der Waals surface area contributed by atoms with E-state index in [9.17, 15) is 9.59 Å². The van der Waals surface area contributed by atoms with Crippen LogP contribution >= 0.6 is 0 Å². The minimum atomic E-state index is -0.305. The van der Waals surface area contributed by atoms with Crippen molar-refractivity contribution >= 4 is 28.5 Å². The molecule has 1 saturated heterocycles. The molecule has 1 fully saturated rings. The number of aromatic nitrogens is 2. The van der Waals surface area contributed by atoms with Gasteiger partial charge < -0.3 is 10.7 Å². The van der Waals surface area contributed by atoms with Crippen molar-refractivity contribution in [3.05, 3.63) is 24.0 Å². The molecular weight excluding hydrogens is 270 g/mol. The normalized spacial score (nSPS) is 20.0. The van der Waals surface area contributed by atoms with Crippen LogP contribution in [0.1, 0.15) is 19.2 Å². The number of H-pyrrole nitrogens is 1. The number of imide groups is 1. The van der Waals surface area contributed by atoms with Gasteiger partial charge in [0, 0.05) is 5.69 Å². The molecule has 1 aromatic carbocycles. The molecule has 0 aliphatic carbocycles. The second-order valence-corrected chi connectivity index (χ2v) is 5.20. The molecule has 110 valence electrons. The van der Waals surface area contributed by atoms with E-state index in [0.717, 1.165) is 16.9 Å². The van der Waals surface area contributed by atoms with Crippen LogP contribution in [0, 0.1) is 0 Å². The van der Waals surface area contributed by atoms with Gasteiger partial charge in [0.1, 0.15) is 5.82 Å². The summed E-state index contributed by atoms with van der Waals surface area (Å²) >= 11 is 0. The van der Waals surface area contributed by atoms with Crippen molar-refractivity contribution in [2.24, 2.45) is 0 Å². The highest BCUT2D eigenvalue weighted by atomic mass is 16.2. The van der Waals surface area contributed by atoms with Crippen molar-refractivity contribution in [1.29, 1.82) is 0 Å². The molecule has 1 unspecified atom stereocenters. The number of nitrogen functional groups attached to an aromatic ring is 1.